The van der Waals surface area contributed by atoms with Crippen LogP contribution in [0.2, 0.25) is 0 Å². The molecule has 0 saturated heterocycles. The van der Waals surface area contributed by atoms with Crippen LogP contribution in [0.4, 0.5) is 0 Å². The molecule has 0 aliphatic carbocycles. The van der Waals surface area contributed by atoms with Gasteiger partial charge < -0.3 is 9.47 Å². The maximum absolute atomic E-state index is 11.2. The number of aromatic nitrogens is 1. The lowest BCUT2D eigenvalue weighted by Gasteiger charge is -2.10. The minimum Gasteiger partial charge on any atom is -0.465 e. The summed E-state index contributed by atoms with van der Waals surface area (Å²) in [5.41, 5.74) is 0. The zero-order chi connectivity index (χ0) is 11.3. The van der Waals surface area contributed by atoms with Crippen molar-refractivity contribution >= 4 is 17.3 Å². The van der Waals surface area contributed by atoms with E-state index in [1.54, 1.807) is 7.11 Å². The maximum Gasteiger partial charge on any atom is 0.349 e. The number of ether oxygens (including phenoxy) is 2. The normalized spacial score (nSPS) is 12.5. The van der Waals surface area contributed by atoms with Gasteiger partial charge in [-0.25, -0.2) is 9.78 Å². The van der Waals surface area contributed by atoms with Crippen LogP contribution >= 0.6 is 11.3 Å². The van der Waals surface area contributed by atoms with Gasteiger partial charge in [-0.3, -0.25) is 0 Å². The van der Waals surface area contributed by atoms with Gasteiger partial charge in [-0.1, -0.05) is 13.3 Å². The number of hydrogen-bond acceptors (Lipinski definition) is 5. The minimum absolute atomic E-state index is 0.0154. The highest BCUT2D eigenvalue weighted by atomic mass is 32.1. The highest BCUT2D eigenvalue weighted by Crippen LogP contribution is 2.26. The molecule has 4 nitrogen and oxygen atoms in total. The number of carbonyl (C=O) groups is 1. The summed E-state index contributed by atoms with van der Waals surface area (Å²) in [5, 5.41) is 0.833. The second kappa shape index (κ2) is 5.82. The average Bonchev–Trinajstić information content (AvgIpc) is 2.73. The molecule has 1 heterocycles. The Bertz CT molecular complexity index is 324. The highest BCUT2D eigenvalue weighted by molar-refractivity contribution is 7.13. The first-order valence-corrected chi connectivity index (χ1v) is 5.61. The number of rotatable bonds is 5. The van der Waals surface area contributed by atoms with Crippen LogP contribution in [0.15, 0.2) is 6.20 Å². The predicted octanol–water partition coefficient (Wildman–Crippen LogP) is 2.42. The molecule has 0 amide bonds. The summed E-state index contributed by atoms with van der Waals surface area (Å²) in [7, 11) is 3.01. The first kappa shape index (κ1) is 12.1. The first-order valence-electron chi connectivity index (χ1n) is 4.79. The van der Waals surface area contributed by atoms with Crippen molar-refractivity contribution in [2.45, 2.75) is 25.9 Å². The van der Waals surface area contributed by atoms with Gasteiger partial charge in [-0.05, 0) is 6.42 Å². The van der Waals surface area contributed by atoms with E-state index in [9.17, 15) is 4.79 Å². The van der Waals surface area contributed by atoms with E-state index < -0.39 is 0 Å². The Balaban J connectivity index is 2.77. The van der Waals surface area contributed by atoms with Crippen LogP contribution in [0, 0.1) is 0 Å². The summed E-state index contributed by atoms with van der Waals surface area (Å²) in [6.45, 7) is 2.08. The summed E-state index contributed by atoms with van der Waals surface area (Å²) in [5.74, 6) is -0.342. The van der Waals surface area contributed by atoms with Gasteiger partial charge in [-0.15, -0.1) is 11.3 Å². The zero-order valence-electron chi connectivity index (χ0n) is 9.15. The Kier molecular flexibility index (Phi) is 4.71. The molecular weight excluding hydrogens is 214 g/mol. The Morgan fingerprint density at radius 2 is 2.33 bits per heavy atom. The van der Waals surface area contributed by atoms with Gasteiger partial charge in [0.15, 0.2) is 0 Å². The van der Waals surface area contributed by atoms with Crippen molar-refractivity contribution < 1.29 is 14.3 Å². The van der Waals surface area contributed by atoms with Gasteiger partial charge >= 0.3 is 5.97 Å². The van der Waals surface area contributed by atoms with Crippen molar-refractivity contribution in [2.24, 2.45) is 0 Å². The molecule has 0 aromatic carbocycles. The predicted molar refractivity (Wildman–Crippen MR) is 58.1 cm³/mol. The summed E-state index contributed by atoms with van der Waals surface area (Å²) < 4.78 is 9.91. The van der Waals surface area contributed by atoms with Gasteiger partial charge in [0.25, 0.3) is 0 Å². The van der Waals surface area contributed by atoms with Crippen molar-refractivity contribution in [1.29, 1.82) is 0 Å². The number of carbonyl (C=O) groups excluding carboxylic acids is 1. The lowest BCUT2D eigenvalue weighted by molar-refractivity contribution is 0.0606. The Morgan fingerprint density at radius 3 is 2.87 bits per heavy atom. The molecule has 0 aliphatic rings. The van der Waals surface area contributed by atoms with Crippen LogP contribution in [0.25, 0.3) is 0 Å². The van der Waals surface area contributed by atoms with Crippen LogP contribution in [-0.2, 0) is 9.47 Å². The van der Waals surface area contributed by atoms with E-state index in [0.29, 0.717) is 4.88 Å². The van der Waals surface area contributed by atoms with Gasteiger partial charge in [0, 0.05) is 7.11 Å². The lowest BCUT2D eigenvalue weighted by Crippen LogP contribution is -1.99. The SMILES string of the molecule is CCCC(OC)c1ncc(C(=O)OC)s1. The van der Waals surface area contributed by atoms with Crippen molar-refractivity contribution in [3.8, 4) is 0 Å². The molecular formula is C10H15NO3S. The molecule has 15 heavy (non-hydrogen) atoms. The van der Waals surface area contributed by atoms with Crippen molar-refractivity contribution in [3.63, 3.8) is 0 Å². The van der Waals surface area contributed by atoms with Crippen molar-refractivity contribution in [1.82, 2.24) is 4.98 Å². The van der Waals surface area contributed by atoms with Crippen LogP contribution in [-0.4, -0.2) is 25.2 Å². The van der Waals surface area contributed by atoms with Crippen LogP contribution in [0.1, 0.15) is 40.5 Å². The fraction of sp³-hybridized carbons (Fsp3) is 0.600. The maximum atomic E-state index is 11.2. The van der Waals surface area contributed by atoms with E-state index >= 15 is 0 Å². The Hall–Kier alpha value is -0.940. The molecule has 0 bridgehead atoms. The summed E-state index contributed by atoms with van der Waals surface area (Å²) in [4.78, 5) is 15.9. The molecule has 1 aromatic rings. The number of hydrogen-bond donors (Lipinski definition) is 0. The number of thiazole rings is 1. The summed E-state index contributed by atoms with van der Waals surface area (Å²) in [6.07, 6.45) is 3.45. The number of esters is 1. The quantitative estimate of drug-likeness (QED) is 0.727. The third-order valence-electron chi connectivity index (χ3n) is 2.02. The van der Waals surface area contributed by atoms with Gasteiger partial charge in [0.05, 0.1) is 13.3 Å². The monoisotopic (exact) mass is 229 g/mol. The van der Waals surface area contributed by atoms with Crippen molar-refractivity contribution in [2.75, 3.05) is 14.2 Å². The van der Waals surface area contributed by atoms with Gasteiger partial charge in [0.1, 0.15) is 16.0 Å². The smallest absolute Gasteiger partial charge is 0.349 e. The van der Waals surface area contributed by atoms with Crippen LogP contribution < -0.4 is 0 Å². The molecule has 84 valence electrons. The molecule has 1 atom stereocenters. The molecule has 0 radical (unpaired) electrons. The molecule has 1 aromatic heterocycles. The Morgan fingerprint density at radius 1 is 1.60 bits per heavy atom. The zero-order valence-corrected chi connectivity index (χ0v) is 9.97. The van der Waals surface area contributed by atoms with E-state index in [2.05, 4.69) is 16.6 Å². The third kappa shape index (κ3) is 3.00. The second-order valence-electron chi connectivity index (χ2n) is 3.07. The average molecular weight is 229 g/mol. The molecule has 0 N–H and O–H groups in total. The van der Waals surface area contributed by atoms with Gasteiger partial charge in [0.2, 0.25) is 0 Å². The van der Waals surface area contributed by atoms with E-state index in [4.69, 9.17) is 4.74 Å². The molecule has 5 heteroatoms. The van der Waals surface area contributed by atoms with E-state index in [1.807, 2.05) is 0 Å². The number of nitrogens with zero attached hydrogens (tertiary/aromatic N) is 1. The topological polar surface area (TPSA) is 48.4 Å². The van der Waals surface area contributed by atoms with Crippen LogP contribution in [0.3, 0.4) is 0 Å². The summed E-state index contributed by atoms with van der Waals surface area (Å²) >= 11 is 1.33. The van der Waals surface area contributed by atoms with E-state index in [-0.39, 0.29) is 12.1 Å². The molecule has 0 saturated carbocycles. The standard InChI is InChI=1S/C10H15NO3S/c1-4-5-7(13-2)9-11-6-8(15-9)10(12)14-3/h6-7H,4-5H2,1-3H3. The molecule has 1 rings (SSSR count). The highest BCUT2D eigenvalue weighted by Gasteiger charge is 2.17. The van der Waals surface area contributed by atoms with Gasteiger partial charge in [-0.2, -0.15) is 0 Å². The van der Waals surface area contributed by atoms with E-state index in [1.165, 1.54) is 24.6 Å². The molecule has 0 spiro atoms. The fourth-order valence-corrected chi connectivity index (χ4v) is 2.18. The largest absolute Gasteiger partial charge is 0.465 e. The van der Waals surface area contributed by atoms with Crippen LogP contribution in [0.5, 0.6) is 0 Å². The molecule has 0 fully saturated rings. The summed E-state index contributed by atoms with van der Waals surface area (Å²) in [6, 6.07) is 0. The number of methoxy groups -OCH3 is 2. The second-order valence-corrected chi connectivity index (χ2v) is 4.13. The fourth-order valence-electron chi connectivity index (χ4n) is 1.24. The first-order chi connectivity index (χ1) is 7.22. The Labute approximate surface area is 93.2 Å². The molecule has 0 aliphatic heterocycles. The minimum atomic E-state index is -0.342. The molecule has 1 unspecified atom stereocenters. The third-order valence-corrected chi connectivity index (χ3v) is 3.09. The van der Waals surface area contributed by atoms with E-state index in [0.717, 1.165) is 17.8 Å². The van der Waals surface area contributed by atoms with Crippen molar-refractivity contribution in [3.05, 3.63) is 16.1 Å². The lowest BCUT2D eigenvalue weighted by atomic mass is 10.2.